The number of hydrogen-bond donors (Lipinski definition) is 2. The van der Waals surface area contributed by atoms with Gasteiger partial charge in [0.2, 0.25) is 5.65 Å². The van der Waals surface area contributed by atoms with E-state index in [0.29, 0.717) is 6.54 Å². The van der Waals surface area contributed by atoms with Crippen molar-refractivity contribution in [2.75, 3.05) is 11.9 Å². The number of fused-ring (bicyclic) bond motifs is 1. The van der Waals surface area contributed by atoms with Gasteiger partial charge < -0.3 is 11.1 Å². The van der Waals surface area contributed by atoms with Crippen LogP contribution in [0.15, 0.2) is 18.7 Å². The van der Waals surface area contributed by atoms with Gasteiger partial charge in [-0.25, -0.2) is 4.98 Å². The van der Waals surface area contributed by atoms with Crippen molar-refractivity contribution in [1.82, 2.24) is 19.6 Å². The van der Waals surface area contributed by atoms with Crippen LogP contribution in [0.1, 0.15) is 13.3 Å². The van der Waals surface area contributed by atoms with Gasteiger partial charge in [0.25, 0.3) is 0 Å². The fourth-order valence-corrected chi connectivity index (χ4v) is 1.38. The van der Waals surface area contributed by atoms with Crippen LogP contribution in [0.2, 0.25) is 0 Å². The zero-order valence-corrected chi connectivity index (χ0v) is 8.59. The maximum atomic E-state index is 5.62. The molecule has 6 nitrogen and oxygen atoms in total. The summed E-state index contributed by atoms with van der Waals surface area (Å²) in [5.41, 5.74) is 6.34. The Morgan fingerprint density at radius 2 is 2.47 bits per heavy atom. The molecule has 15 heavy (non-hydrogen) atoms. The van der Waals surface area contributed by atoms with Crippen LogP contribution < -0.4 is 11.1 Å². The summed E-state index contributed by atoms with van der Waals surface area (Å²) in [5.74, 6) is 0.729. The number of nitrogens with one attached hydrogen (secondary N) is 1. The highest BCUT2D eigenvalue weighted by Gasteiger charge is 2.08. The van der Waals surface area contributed by atoms with Crippen molar-refractivity contribution in [3.8, 4) is 0 Å². The summed E-state index contributed by atoms with van der Waals surface area (Å²) in [6, 6.07) is 0.223. The molecule has 0 saturated heterocycles. The number of aromatic nitrogens is 4. The van der Waals surface area contributed by atoms with Crippen molar-refractivity contribution in [2.45, 2.75) is 19.4 Å². The lowest BCUT2D eigenvalue weighted by Crippen LogP contribution is -2.28. The maximum Gasteiger partial charge on any atom is 0.203 e. The average Bonchev–Trinajstić information content (AvgIpc) is 2.74. The van der Waals surface area contributed by atoms with Gasteiger partial charge in [-0.3, -0.25) is 4.40 Å². The average molecular weight is 206 g/mol. The lowest BCUT2D eigenvalue weighted by Gasteiger charge is -2.14. The summed E-state index contributed by atoms with van der Waals surface area (Å²) in [4.78, 5) is 4.22. The van der Waals surface area contributed by atoms with Gasteiger partial charge in [-0.1, -0.05) is 6.92 Å². The topological polar surface area (TPSA) is 81.1 Å². The van der Waals surface area contributed by atoms with Crippen molar-refractivity contribution in [2.24, 2.45) is 5.73 Å². The summed E-state index contributed by atoms with van der Waals surface area (Å²) in [7, 11) is 0. The Morgan fingerprint density at radius 1 is 1.60 bits per heavy atom. The number of rotatable bonds is 4. The van der Waals surface area contributed by atoms with E-state index >= 15 is 0 Å². The SMILES string of the molecule is CCC(CN)Nc1nccn2cnnc12. The summed E-state index contributed by atoms with van der Waals surface area (Å²) in [5, 5.41) is 11.1. The first-order valence-corrected chi connectivity index (χ1v) is 4.96. The Bertz CT molecular complexity index is 433. The van der Waals surface area contributed by atoms with Gasteiger partial charge >= 0.3 is 0 Å². The Morgan fingerprint density at radius 3 is 3.20 bits per heavy atom. The summed E-state index contributed by atoms with van der Waals surface area (Å²) in [6.07, 6.45) is 6.12. The third kappa shape index (κ3) is 1.89. The molecule has 0 amide bonds. The van der Waals surface area contributed by atoms with Crippen LogP contribution in [0.3, 0.4) is 0 Å². The second-order valence-electron chi connectivity index (χ2n) is 3.32. The Labute approximate surface area is 87.5 Å². The van der Waals surface area contributed by atoms with Crippen LogP contribution in [-0.4, -0.2) is 32.2 Å². The van der Waals surface area contributed by atoms with Crippen LogP contribution in [0.4, 0.5) is 5.82 Å². The highest BCUT2D eigenvalue weighted by atomic mass is 15.2. The molecule has 2 aromatic rings. The minimum Gasteiger partial charge on any atom is -0.363 e. The molecule has 6 heteroatoms. The largest absolute Gasteiger partial charge is 0.363 e. The molecule has 0 aliphatic rings. The third-order valence-electron chi connectivity index (χ3n) is 2.33. The van der Waals surface area contributed by atoms with Crippen molar-refractivity contribution in [1.29, 1.82) is 0 Å². The van der Waals surface area contributed by atoms with E-state index in [-0.39, 0.29) is 6.04 Å². The van der Waals surface area contributed by atoms with Crippen molar-refractivity contribution in [3.05, 3.63) is 18.7 Å². The van der Waals surface area contributed by atoms with Gasteiger partial charge in [0, 0.05) is 25.0 Å². The first-order valence-electron chi connectivity index (χ1n) is 4.96. The molecule has 2 rings (SSSR count). The van der Waals surface area contributed by atoms with Gasteiger partial charge in [-0.15, -0.1) is 10.2 Å². The van der Waals surface area contributed by atoms with Crippen LogP contribution >= 0.6 is 0 Å². The molecule has 0 fully saturated rings. The molecule has 3 N–H and O–H groups in total. The van der Waals surface area contributed by atoms with E-state index in [1.54, 1.807) is 12.5 Å². The standard InChI is InChI=1S/C9H14N6/c1-2-7(5-10)13-8-9-14-12-6-15(9)4-3-11-8/h3-4,6-7H,2,5,10H2,1H3,(H,11,13). The van der Waals surface area contributed by atoms with Crippen molar-refractivity contribution in [3.63, 3.8) is 0 Å². The predicted molar refractivity (Wildman–Crippen MR) is 57.5 cm³/mol. The van der Waals surface area contributed by atoms with E-state index < -0.39 is 0 Å². The van der Waals surface area contributed by atoms with E-state index in [2.05, 4.69) is 27.4 Å². The molecule has 2 heterocycles. The van der Waals surface area contributed by atoms with Crippen LogP contribution in [0.5, 0.6) is 0 Å². The second kappa shape index (κ2) is 4.22. The highest BCUT2D eigenvalue weighted by molar-refractivity contribution is 5.61. The monoisotopic (exact) mass is 206 g/mol. The van der Waals surface area contributed by atoms with Gasteiger partial charge in [0.1, 0.15) is 6.33 Å². The second-order valence-corrected chi connectivity index (χ2v) is 3.32. The Kier molecular flexibility index (Phi) is 2.77. The van der Waals surface area contributed by atoms with Crippen LogP contribution in [0.25, 0.3) is 5.65 Å². The third-order valence-corrected chi connectivity index (χ3v) is 2.33. The van der Waals surface area contributed by atoms with Crippen LogP contribution in [-0.2, 0) is 0 Å². The number of hydrogen-bond acceptors (Lipinski definition) is 5. The molecular formula is C9H14N6. The zero-order valence-electron chi connectivity index (χ0n) is 8.59. The van der Waals surface area contributed by atoms with E-state index in [1.165, 1.54) is 0 Å². The predicted octanol–water partition coefficient (Wildman–Crippen LogP) is 0.273. The molecule has 0 saturated carbocycles. The molecule has 0 aromatic carbocycles. The van der Waals surface area contributed by atoms with E-state index in [0.717, 1.165) is 17.9 Å². The molecule has 0 spiro atoms. The van der Waals surface area contributed by atoms with Crippen molar-refractivity contribution >= 4 is 11.5 Å². The van der Waals surface area contributed by atoms with Crippen LogP contribution in [0, 0.1) is 0 Å². The molecule has 80 valence electrons. The molecule has 0 radical (unpaired) electrons. The van der Waals surface area contributed by atoms with Crippen molar-refractivity contribution < 1.29 is 0 Å². The Hall–Kier alpha value is -1.69. The van der Waals surface area contributed by atoms with E-state index in [1.807, 2.05) is 10.6 Å². The first kappa shape index (κ1) is 9.85. The van der Waals surface area contributed by atoms with Gasteiger partial charge in [-0.05, 0) is 6.42 Å². The molecule has 0 aliphatic carbocycles. The molecule has 1 atom stereocenters. The van der Waals surface area contributed by atoms with Gasteiger partial charge in [0.05, 0.1) is 0 Å². The molecule has 1 unspecified atom stereocenters. The van der Waals surface area contributed by atoms with E-state index in [4.69, 9.17) is 5.73 Å². The summed E-state index contributed by atoms with van der Waals surface area (Å²) in [6.45, 7) is 2.65. The van der Waals surface area contributed by atoms with Gasteiger partial charge in [-0.2, -0.15) is 0 Å². The normalized spacial score (nSPS) is 12.9. The highest BCUT2D eigenvalue weighted by Crippen LogP contribution is 2.11. The minimum atomic E-state index is 0.223. The quantitative estimate of drug-likeness (QED) is 0.750. The maximum absolute atomic E-state index is 5.62. The number of nitrogens with two attached hydrogens (primary N) is 1. The lowest BCUT2D eigenvalue weighted by molar-refractivity contribution is 0.700. The zero-order chi connectivity index (χ0) is 10.7. The summed E-state index contributed by atoms with van der Waals surface area (Å²) >= 11 is 0. The number of anilines is 1. The van der Waals surface area contributed by atoms with E-state index in [9.17, 15) is 0 Å². The summed E-state index contributed by atoms with van der Waals surface area (Å²) < 4.78 is 1.82. The molecule has 2 aromatic heterocycles. The first-order chi connectivity index (χ1) is 7.35. The Balaban J connectivity index is 2.30. The van der Waals surface area contributed by atoms with Gasteiger partial charge in [0.15, 0.2) is 5.82 Å². The molecule has 0 aliphatic heterocycles. The number of nitrogens with zero attached hydrogens (tertiary/aromatic N) is 4. The molecule has 0 bridgehead atoms. The molecular weight excluding hydrogens is 192 g/mol. The minimum absolute atomic E-state index is 0.223. The fourth-order valence-electron chi connectivity index (χ4n) is 1.38. The smallest absolute Gasteiger partial charge is 0.203 e. The fraction of sp³-hybridized carbons (Fsp3) is 0.444. The lowest BCUT2D eigenvalue weighted by atomic mass is 10.2.